The Hall–Kier alpha value is -1.06. The smallest absolute Gasteiger partial charge is 0.200 e. The van der Waals surface area contributed by atoms with Crippen LogP contribution in [0.1, 0.15) is 16.7 Å². The summed E-state index contributed by atoms with van der Waals surface area (Å²) in [5.41, 5.74) is 5.77. The van der Waals surface area contributed by atoms with Crippen LogP contribution >= 0.6 is 27.7 Å². The van der Waals surface area contributed by atoms with E-state index in [0.717, 1.165) is 24.0 Å². The third kappa shape index (κ3) is 3.27. The molecule has 3 unspecified atom stereocenters. The van der Waals surface area contributed by atoms with Gasteiger partial charge < -0.3 is 4.42 Å². The minimum atomic E-state index is 0.0277. The van der Waals surface area contributed by atoms with Gasteiger partial charge in [-0.15, -0.1) is 27.7 Å². The molecule has 23 heavy (non-hydrogen) atoms. The summed E-state index contributed by atoms with van der Waals surface area (Å²) in [6.07, 6.45) is 4.16. The maximum absolute atomic E-state index is 12.9. The molecule has 0 saturated heterocycles. The molecular formula is C18H19O2P3. The van der Waals surface area contributed by atoms with Crippen LogP contribution in [0.25, 0.3) is 22.1 Å². The lowest BCUT2D eigenvalue weighted by Gasteiger charge is -2.09. The third-order valence-electron chi connectivity index (χ3n) is 4.04. The van der Waals surface area contributed by atoms with Gasteiger partial charge in [-0.05, 0) is 52.9 Å². The summed E-state index contributed by atoms with van der Waals surface area (Å²) in [4.78, 5) is 12.9. The number of rotatable bonds is 4. The van der Waals surface area contributed by atoms with Crippen LogP contribution < -0.4 is 5.43 Å². The maximum Gasteiger partial charge on any atom is 0.200 e. The van der Waals surface area contributed by atoms with Crippen LogP contribution in [-0.4, -0.2) is 0 Å². The zero-order valence-corrected chi connectivity index (χ0v) is 16.2. The van der Waals surface area contributed by atoms with Crippen LogP contribution in [0, 0.1) is 0 Å². The molecule has 5 heteroatoms. The second kappa shape index (κ2) is 7.23. The van der Waals surface area contributed by atoms with E-state index in [2.05, 4.69) is 27.7 Å². The average molecular weight is 360 g/mol. The lowest BCUT2D eigenvalue weighted by Crippen LogP contribution is -2.06. The number of benzene rings is 2. The highest BCUT2D eigenvalue weighted by Gasteiger charge is 2.12. The molecule has 0 radical (unpaired) electrons. The topological polar surface area (TPSA) is 30.2 Å². The number of hydrogen-bond acceptors (Lipinski definition) is 2. The summed E-state index contributed by atoms with van der Waals surface area (Å²) >= 11 is 0. The molecule has 0 N–H and O–H groups in total. The molecule has 0 fully saturated rings. The van der Waals surface area contributed by atoms with E-state index in [1.165, 1.54) is 16.7 Å². The van der Waals surface area contributed by atoms with Crippen molar-refractivity contribution in [2.75, 3.05) is 0 Å². The van der Waals surface area contributed by atoms with Crippen LogP contribution in [0.15, 0.2) is 51.9 Å². The number of hydrogen-bond donors (Lipinski definition) is 0. The molecule has 1 heterocycles. The van der Waals surface area contributed by atoms with Gasteiger partial charge in [0.05, 0.1) is 10.9 Å². The number of fused-ring (bicyclic) bond motifs is 1. The van der Waals surface area contributed by atoms with Gasteiger partial charge in [-0.2, -0.15) is 0 Å². The second-order valence-electron chi connectivity index (χ2n) is 5.40. The van der Waals surface area contributed by atoms with Gasteiger partial charge in [-0.25, -0.2) is 0 Å². The van der Waals surface area contributed by atoms with Crippen LogP contribution in [0.5, 0.6) is 0 Å². The van der Waals surface area contributed by atoms with Gasteiger partial charge in [0.25, 0.3) is 0 Å². The van der Waals surface area contributed by atoms with Crippen molar-refractivity contribution in [1.29, 1.82) is 0 Å². The molecule has 1 aromatic heterocycles. The second-order valence-corrected chi connectivity index (χ2v) is 6.63. The Balaban J connectivity index is 2.19. The first-order chi connectivity index (χ1) is 11.2. The first-order valence-electron chi connectivity index (χ1n) is 7.44. The predicted molar refractivity (Wildman–Crippen MR) is 108 cm³/mol. The average Bonchev–Trinajstić information content (AvgIpc) is 2.61. The van der Waals surface area contributed by atoms with E-state index in [-0.39, 0.29) is 5.43 Å². The van der Waals surface area contributed by atoms with Crippen LogP contribution in [0.4, 0.5) is 0 Å². The van der Waals surface area contributed by atoms with Crippen molar-refractivity contribution in [3.05, 3.63) is 69.6 Å². The van der Waals surface area contributed by atoms with Crippen LogP contribution in [0.2, 0.25) is 0 Å². The van der Waals surface area contributed by atoms with Crippen LogP contribution in [-0.2, 0) is 18.5 Å². The fraction of sp³-hybridized carbons (Fsp3) is 0.167. The summed E-state index contributed by atoms with van der Waals surface area (Å²) in [6.45, 7) is 0. The molecule has 0 aliphatic rings. The Labute approximate surface area is 142 Å². The quantitative estimate of drug-likeness (QED) is 0.638. The molecule has 2 nitrogen and oxygen atoms in total. The first-order valence-corrected chi connectivity index (χ1v) is 9.89. The molecular weight excluding hydrogens is 341 g/mol. The van der Waals surface area contributed by atoms with Gasteiger partial charge in [0, 0.05) is 0 Å². The Morgan fingerprint density at radius 1 is 0.870 bits per heavy atom. The van der Waals surface area contributed by atoms with E-state index in [0.29, 0.717) is 16.5 Å². The van der Waals surface area contributed by atoms with Gasteiger partial charge in [0.1, 0.15) is 11.8 Å². The monoisotopic (exact) mass is 360 g/mol. The minimum absolute atomic E-state index is 0.0277. The summed E-state index contributed by atoms with van der Waals surface area (Å²) in [5.74, 6) is 0. The van der Waals surface area contributed by atoms with Crippen molar-refractivity contribution < 1.29 is 4.42 Å². The van der Waals surface area contributed by atoms with E-state index < -0.39 is 0 Å². The summed E-state index contributed by atoms with van der Waals surface area (Å²) in [5, 5.41) is 0.650. The highest BCUT2D eigenvalue weighted by Crippen LogP contribution is 2.25. The van der Waals surface area contributed by atoms with Gasteiger partial charge in [0.2, 0.25) is 0 Å². The van der Waals surface area contributed by atoms with E-state index in [1.807, 2.05) is 36.4 Å². The molecule has 0 bridgehead atoms. The van der Waals surface area contributed by atoms with E-state index in [9.17, 15) is 4.79 Å². The highest BCUT2D eigenvalue weighted by atomic mass is 31.0. The fourth-order valence-corrected chi connectivity index (χ4v) is 3.69. The van der Waals surface area contributed by atoms with Gasteiger partial charge in [-0.3, -0.25) is 4.79 Å². The normalized spacial score (nSPS) is 11.1. The van der Waals surface area contributed by atoms with E-state index >= 15 is 0 Å². The molecule has 3 rings (SSSR count). The Bertz CT molecular complexity index is 899. The standard InChI is InChI=1S/C18H19O2P3/c19-18-15-5-13(9-22)14(10-23)6-17(15)20-7-16(18)12-3-1-11(8-21)2-4-12/h1-7H,8-10,21-23H2. The van der Waals surface area contributed by atoms with Crippen LogP contribution in [0.3, 0.4) is 0 Å². The van der Waals surface area contributed by atoms with E-state index in [4.69, 9.17) is 4.42 Å². The summed E-state index contributed by atoms with van der Waals surface area (Å²) < 4.78 is 5.76. The molecule has 2 aromatic carbocycles. The maximum atomic E-state index is 12.9. The van der Waals surface area contributed by atoms with Crippen molar-refractivity contribution >= 4 is 38.7 Å². The van der Waals surface area contributed by atoms with Gasteiger partial charge in [-0.1, -0.05) is 24.3 Å². The molecule has 0 aliphatic carbocycles. The van der Waals surface area contributed by atoms with Crippen molar-refractivity contribution in [2.45, 2.75) is 18.5 Å². The molecule has 0 amide bonds. The lowest BCUT2D eigenvalue weighted by molar-refractivity contribution is 0.604. The van der Waals surface area contributed by atoms with Gasteiger partial charge in [0.15, 0.2) is 5.43 Å². The van der Waals surface area contributed by atoms with Crippen molar-refractivity contribution in [2.24, 2.45) is 0 Å². The van der Waals surface area contributed by atoms with Crippen molar-refractivity contribution in [3.63, 3.8) is 0 Å². The van der Waals surface area contributed by atoms with E-state index in [1.54, 1.807) is 6.26 Å². The summed E-state index contributed by atoms with van der Waals surface area (Å²) in [7, 11) is 8.15. The fourth-order valence-electron chi connectivity index (χ4n) is 2.66. The predicted octanol–water partition coefficient (Wildman–Crippen LogP) is 4.59. The van der Waals surface area contributed by atoms with Gasteiger partial charge >= 0.3 is 0 Å². The zero-order chi connectivity index (χ0) is 16.4. The first kappa shape index (κ1) is 16.8. The largest absolute Gasteiger partial charge is 0.463 e. The van der Waals surface area contributed by atoms with Crippen molar-refractivity contribution in [1.82, 2.24) is 0 Å². The molecule has 118 valence electrons. The van der Waals surface area contributed by atoms with Crippen molar-refractivity contribution in [3.8, 4) is 11.1 Å². The summed E-state index contributed by atoms with van der Waals surface area (Å²) in [6, 6.07) is 12.0. The molecule has 0 aliphatic heterocycles. The molecule has 3 aromatic rings. The zero-order valence-electron chi connectivity index (χ0n) is 12.7. The minimum Gasteiger partial charge on any atom is -0.463 e. The Morgan fingerprint density at radius 2 is 1.52 bits per heavy atom. The Kier molecular flexibility index (Phi) is 5.27. The third-order valence-corrected chi connectivity index (χ3v) is 5.39. The lowest BCUT2D eigenvalue weighted by atomic mass is 10.0. The Morgan fingerprint density at radius 3 is 2.13 bits per heavy atom. The molecule has 0 saturated carbocycles. The molecule has 0 spiro atoms. The molecule has 3 atom stereocenters. The SMILES string of the molecule is O=c1c(-c2ccc(CP)cc2)coc2cc(CP)c(CP)cc12. The highest BCUT2D eigenvalue weighted by molar-refractivity contribution is 7.16.